The van der Waals surface area contributed by atoms with Gasteiger partial charge in [0.2, 0.25) is 5.91 Å². The lowest BCUT2D eigenvalue weighted by molar-refractivity contribution is -0.141. The highest BCUT2D eigenvalue weighted by Crippen LogP contribution is 2.06. The predicted molar refractivity (Wildman–Crippen MR) is 73.2 cm³/mol. The third-order valence-corrected chi connectivity index (χ3v) is 3.38. The molecule has 1 atom stereocenters. The molecule has 1 fully saturated rings. The molecule has 7 heteroatoms. The lowest BCUT2D eigenvalue weighted by atomic mass is 10.1. The molecule has 0 aromatic carbocycles. The zero-order chi connectivity index (χ0) is 15.0. The number of amides is 3. The van der Waals surface area contributed by atoms with Gasteiger partial charge in [0.1, 0.15) is 0 Å². The van der Waals surface area contributed by atoms with E-state index in [9.17, 15) is 14.4 Å². The number of urea groups is 1. The van der Waals surface area contributed by atoms with E-state index < -0.39 is 11.9 Å². The van der Waals surface area contributed by atoms with Crippen molar-refractivity contribution in [1.82, 2.24) is 15.5 Å². The first-order valence-corrected chi connectivity index (χ1v) is 7.03. The normalized spacial score (nSPS) is 15.8. The van der Waals surface area contributed by atoms with Crippen LogP contribution in [-0.4, -0.2) is 54.1 Å². The van der Waals surface area contributed by atoms with Gasteiger partial charge in [0.25, 0.3) is 0 Å². The Morgan fingerprint density at radius 2 is 1.85 bits per heavy atom. The van der Waals surface area contributed by atoms with Crippen LogP contribution in [0.4, 0.5) is 4.79 Å². The van der Waals surface area contributed by atoms with Gasteiger partial charge in [0.15, 0.2) is 0 Å². The Bertz CT molecular complexity index is 354. The fraction of sp³-hybridized carbons (Fsp3) is 0.769. The van der Waals surface area contributed by atoms with Crippen molar-refractivity contribution < 1.29 is 19.5 Å². The molecule has 20 heavy (non-hydrogen) atoms. The van der Waals surface area contributed by atoms with Crippen LogP contribution >= 0.6 is 0 Å². The van der Waals surface area contributed by atoms with Gasteiger partial charge in [0.05, 0.1) is 12.5 Å². The third-order valence-electron chi connectivity index (χ3n) is 3.38. The van der Waals surface area contributed by atoms with Crippen molar-refractivity contribution in [3.05, 3.63) is 0 Å². The topological polar surface area (TPSA) is 98.7 Å². The molecule has 0 bridgehead atoms. The largest absolute Gasteiger partial charge is 0.481 e. The number of rotatable bonds is 7. The minimum absolute atomic E-state index is 0.0113. The van der Waals surface area contributed by atoms with E-state index in [1.165, 1.54) is 0 Å². The first-order chi connectivity index (χ1) is 9.50. The molecule has 3 amide bonds. The molecule has 1 aliphatic rings. The van der Waals surface area contributed by atoms with Crippen LogP contribution in [0.1, 0.15) is 32.6 Å². The number of aliphatic carboxylic acids is 1. The molecule has 0 aromatic heterocycles. The smallest absolute Gasteiger partial charge is 0.315 e. The predicted octanol–water partition coefficient (Wildman–Crippen LogP) is 0.409. The first kappa shape index (κ1) is 16.3. The molecule has 0 radical (unpaired) electrons. The van der Waals surface area contributed by atoms with Gasteiger partial charge in [-0.3, -0.25) is 9.59 Å². The number of likely N-dealkylation sites (tertiary alicyclic amines) is 1. The Balaban J connectivity index is 2.05. The fourth-order valence-corrected chi connectivity index (χ4v) is 2.03. The van der Waals surface area contributed by atoms with Crippen LogP contribution in [0.15, 0.2) is 0 Å². The average Bonchev–Trinajstić information content (AvgIpc) is 2.94. The molecule has 1 rings (SSSR count). The number of hydrogen-bond acceptors (Lipinski definition) is 3. The molecule has 0 saturated carbocycles. The number of carboxylic acids is 1. The van der Waals surface area contributed by atoms with Crippen molar-refractivity contribution >= 4 is 17.9 Å². The summed E-state index contributed by atoms with van der Waals surface area (Å²) in [5.41, 5.74) is 0. The van der Waals surface area contributed by atoms with Gasteiger partial charge < -0.3 is 20.6 Å². The molecule has 0 aliphatic carbocycles. The molecule has 1 unspecified atom stereocenters. The SMILES string of the molecule is CC(CCCNC(=O)NCC(=O)N1CCCC1)C(=O)O. The molecule has 1 heterocycles. The summed E-state index contributed by atoms with van der Waals surface area (Å²) in [4.78, 5) is 35.4. The summed E-state index contributed by atoms with van der Waals surface area (Å²) < 4.78 is 0. The number of carbonyl (C=O) groups is 3. The van der Waals surface area contributed by atoms with Crippen LogP contribution in [0.25, 0.3) is 0 Å². The number of hydrogen-bond donors (Lipinski definition) is 3. The van der Waals surface area contributed by atoms with E-state index in [1.54, 1.807) is 11.8 Å². The van der Waals surface area contributed by atoms with Crippen molar-refractivity contribution in [1.29, 1.82) is 0 Å². The Hall–Kier alpha value is -1.79. The molecular weight excluding hydrogens is 262 g/mol. The minimum atomic E-state index is -0.828. The highest BCUT2D eigenvalue weighted by molar-refractivity contribution is 5.84. The highest BCUT2D eigenvalue weighted by atomic mass is 16.4. The van der Waals surface area contributed by atoms with Crippen LogP contribution in [0.2, 0.25) is 0 Å². The standard InChI is InChI=1S/C13H23N3O4/c1-10(12(18)19)5-4-6-14-13(20)15-9-11(17)16-7-2-3-8-16/h10H,2-9H2,1H3,(H,18,19)(H2,14,15,20). The summed E-state index contributed by atoms with van der Waals surface area (Å²) in [7, 11) is 0. The summed E-state index contributed by atoms with van der Waals surface area (Å²) in [6.45, 7) is 3.60. The number of carbonyl (C=O) groups excluding carboxylic acids is 2. The van der Waals surface area contributed by atoms with Gasteiger partial charge in [-0.2, -0.15) is 0 Å². The van der Waals surface area contributed by atoms with Crippen molar-refractivity contribution in [3.8, 4) is 0 Å². The van der Waals surface area contributed by atoms with E-state index in [-0.39, 0.29) is 18.5 Å². The van der Waals surface area contributed by atoms with E-state index in [2.05, 4.69) is 10.6 Å². The van der Waals surface area contributed by atoms with Gasteiger partial charge in [0, 0.05) is 19.6 Å². The van der Waals surface area contributed by atoms with Gasteiger partial charge in [-0.25, -0.2) is 4.79 Å². The quantitative estimate of drug-likeness (QED) is 0.590. The maximum atomic E-state index is 11.7. The molecule has 3 N–H and O–H groups in total. The number of nitrogens with one attached hydrogen (secondary N) is 2. The van der Waals surface area contributed by atoms with Crippen LogP contribution in [-0.2, 0) is 9.59 Å². The van der Waals surface area contributed by atoms with Crippen molar-refractivity contribution in [2.24, 2.45) is 5.92 Å². The lowest BCUT2D eigenvalue weighted by Gasteiger charge is -2.15. The first-order valence-electron chi connectivity index (χ1n) is 7.03. The molecular formula is C13H23N3O4. The Kier molecular flexibility index (Phi) is 6.83. The summed E-state index contributed by atoms with van der Waals surface area (Å²) in [5, 5.41) is 13.8. The second kappa shape index (κ2) is 8.39. The van der Waals surface area contributed by atoms with E-state index in [1.807, 2.05) is 0 Å². The van der Waals surface area contributed by atoms with E-state index in [4.69, 9.17) is 5.11 Å². The van der Waals surface area contributed by atoms with E-state index >= 15 is 0 Å². The molecule has 7 nitrogen and oxygen atoms in total. The fourth-order valence-electron chi connectivity index (χ4n) is 2.03. The maximum Gasteiger partial charge on any atom is 0.315 e. The van der Waals surface area contributed by atoms with Crippen molar-refractivity contribution in [2.45, 2.75) is 32.6 Å². The molecule has 0 spiro atoms. The lowest BCUT2D eigenvalue weighted by Crippen LogP contribution is -2.43. The van der Waals surface area contributed by atoms with Crippen LogP contribution < -0.4 is 10.6 Å². The molecule has 0 aromatic rings. The summed E-state index contributed by atoms with van der Waals surface area (Å²) >= 11 is 0. The number of carboxylic acid groups (broad SMARTS) is 1. The monoisotopic (exact) mass is 285 g/mol. The average molecular weight is 285 g/mol. The van der Waals surface area contributed by atoms with Crippen LogP contribution in [0.3, 0.4) is 0 Å². The number of nitrogens with zero attached hydrogens (tertiary/aromatic N) is 1. The van der Waals surface area contributed by atoms with Crippen molar-refractivity contribution in [3.63, 3.8) is 0 Å². The zero-order valence-electron chi connectivity index (χ0n) is 11.9. The highest BCUT2D eigenvalue weighted by Gasteiger charge is 2.18. The minimum Gasteiger partial charge on any atom is -0.481 e. The van der Waals surface area contributed by atoms with E-state index in [0.717, 1.165) is 25.9 Å². The Morgan fingerprint density at radius 3 is 2.45 bits per heavy atom. The zero-order valence-corrected chi connectivity index (χ0v) is 11.9. The van der Waals surface area contributed by atoms with Gasteiger partial charge in [-0.1, -0.05) is 6.92 Å². The second-order valence-corrected chi connectivity index (χ2v) is 5.08. The van der Waals surface area contributed by atoms with Crippen molar-refractivity contribution in [2.75, 3.05) is 26.2 Å². The summed E-state index contributed by atoms with van der Waals surface area (Å²) in [6, 6.07) is -0.388. The maximum absolute atomic E-state index is 11.7. The molecule has 114 valence electrons. The second-order valence-electron chi connectivity index (χ2n) is 5.08. The van der Waals surface area contributed by atoms with Crippen LogP contribution in [0.5, 0.6) is 0 Å². The van der Waals surface area contributed by atoms with E-state index in [0.29, 0.717) is 19.4 Å². The molecule has 1 saturated heterocycles. The molecule has 1 aliphatic heterocycles. The van der Waals surface area contributed by atoms with Gasteiger partial charge in [-0.15, -0.1) is 0 Å². The summed E-state index contributed by atoms with van der Waals surface area (Å²) in [6.07, 6.45) is 3.17. The Labute approximate surface area is 118 Å². The third kappa shape index (κ3) is 5.90. The summed E-state index contributed by atoms with van der Waals surface area (Å²) in [5.74, 6) is -1.29. The van der Waals surface area contributed by atoms with Gasteiger partial charge in [-0.05, 0) is 25.7 Å². The Morgan fingerprint density at radius 1 is 1.20 bits per heavy atom. The van der Waals surface area contributed by atoms with Gasteiger partial charge >= 0.3 is 12.0 Å². The van der Waals surface area contributed by atoms with Crippen LogP contribution in [0, 0.1) is 5.92 Å².